The number of hydrogen-bond donors (Lipinski definition) is 2. The van der Waals surface area contributed by atoms with Crippen LogP contribution in [0.4, 0.5) is 4.39 Å². The van der Waals surface area contributed by atoms with Crippen molar-refractivity contribution in [3.8, 4) is 17.1 Å². The fourth-order valence-electron chi connectivity index (χ4n) is 2.30. The largest absolute Gasteiger partial charge is 0.507 e. The van der Waals surface area contributed by atoms with Gasteiger partial charge in [0.15, 0.2) is 0 Å². The number of rotatable bonds is 1. The zero-order valence-corrected chi connectivity index (χ0v) is 10.7. The highest BCUT2D eigenvalue weighted by atomic mass is 19.1. The van der Waals surface area contributed by atoms with Crippen molar-refractivity contribution in [2.24, 2.45) is 0 Å². The van der Waals surface area contributed by atoms with Crippen LogP contribution in [-0.2, 0) is 0 Å². The maximum Gasteiger partial charge on any atom is 0.142 e. The summed E-state index contributed by atoms with van der Waals surface area (Å²) in [7, 11) is 0. The van der Waals surface area contributed by atoms with Gasteiger partial charge in [0, 0.05) is 0 Å². The van der Waals surface area contributed by atoms with Crippen molar-refractivity contribution in [2.75, 3.05) is 0 Å². The molecule has 0 fully saturated rings. The molecule has 3 aromatic rings. The SMILES string of the molecule is Cc1cc(C)c2nc(-c3cc(F)ccc3O)[nH]c2c1. The number of aromatic amines is 1. The van der Waals surface area contributed by atoms with E-state index in [1.54, 1.807) is 0 Å². The van der Waals surface area contributed by atoms with Crippen LogP contribution in [0, 0.1) is 19.7 Å². The summed E-state index contributed by atoms with van der Waals surface area (Å²) in [5.41, 5.74) is 4.27. The summed E-state index contributed by atoms with van der Waals surface area (Å²) in [6.45, 7) is 3.98. The number of phenolic OH excluding ortho intramolecular Hbond substituents is 1. The lowest BCUT2D eigenvalue weighted by Crippen LogP contribution is -1.83. The normalized spacial score (nSPS) is 11.1. The van der Waals surface area contributed by atoms with Gasteiger partial charge in [0.1, 0.15) is 17.4 Å². The number of nitrogens with one attached hydrogen (secondary N) is 1. The van der Waals surface area contributed by atoms with E-state index in [-0.39, 0.29) is 5.75 Å². The zero-order chi connectivity index (χ0) is 13.6. The second-order valence-corrected chi connectivity index (χ2v) is 4.72. The molecule has 0 spiro atoms. The highest BCUT2D eigenvalue weighted by Gasteiger charge is 2.12. The molecule has 1 heterocycles. The van der Waals surface area contributed by atoms with E-state index in [0.29, 0.717) is 11.4 Å². The Bertz CT molecular complexity index is 777. The predicted octanol–water partition coefficient (Wildman–Crippen LogP) is 3.69. The molecule has 2 aromatic carbocycles. The number of aromatic nitrogens is 2. The lowest BCUT2D eigenvalue weighted by Gasteiger charge is -2.00. The van der Waals surface area contributed by atoms with Gasteiger partial charge in [-0.3, -0.25) is 0 Å². The Balaban J connectivity index is 2.26. The molecule has 0 atom stereocenters. The van der Waals surface area contributed by atoms with Crippen LogP contribution in [0.5, 0.6) is 5.75 Å². The standard InChI is InChI=1S/C15H13FN2O/c1-8-5-9(2)14-12(6-8)17-15(18-14)11-7-10(16)3-4-13(11)19/h3-7,19H,1-2H3,(H,17,18). The third-order valence-corrected chi connectivity index (χ3v) is 3.14. The van der Waals surface area contributed by atoms with Crippen molar-refractivity contribution in [3.63, 3.8) is 0 Å². The summed E-state index contributed by atoms with van der Waals surface area (Å²) < 4.78 is 13.3. The van der Waals surface area contributed by atoms with Gasteiger partial charge in [0.2, 0.25) is 0 Å². The molecule has 3 rings (SSSR count). The summed E-state index contributed by atoms with van der Waals surface area (Å²) in [5.74, 6) is 0.0803. The minimum atomic E-state index is -0.402. The van der Waals surface area contributed by atoms with Gasteiger partial charge in [-0.25, -0.2) is 9.37 Å². The molecule has 0 radical (unpaired) electrons. The molecule has 0 aliphatic heterocycles. The van der Waals surface area contributed by atoms with Gasteiger partial charge in [-0.15, -0.1) is 0 Å². The Morgan fingerprint density at radius 3 is 2.74 bits per heavy atom. The average molecular weight is 256 g/mol. The van der Waals surface area contributed by atoms with E-state index in [9.17, 15) is 9.50 Å². The number of aryl methyl sites for hydroxylation is 2. The summed E-state index contributed by atoms with van der Waals surface area (Å²) >= 11 is 0. The average Bonchev–Trinajstić information content (AvgIpc) is 2.76. The lowest BCUT2D eigenvalue weighted by molar-refractivity contribution is 0.475. The van der Waals surface area contributed by atoms with Gasteiger partial charge in [-0.05, 0) is 49.2 Å². The van der Waals surface area contributed by atoms with E-state index in [0.717, 1.165) is 22.2 Å². The first-order chi connectivity index (χ1) is 9.04. The number of imidazole rings is 1. The summed E-state index contributed by atoms with van der Waals surface area (Å²) in [5, 5.41) is 9.81. The summed E-state index contributed by atoms with van der Waals surface area (Å²) in [6, 6.07) is 7.84. The number of fused-ring (bicyclic) bond motifs is 1. The molecule has 0 unspecified atom stereocenters. The lowest BCUT2D eigenvalue weighted by atomic mass is 10.1. The Morgan fingerprint density at radius 2 is 1.95 bits per heavy atom. The fourth-order valence-corrected chi connectivity index (χ4v) is 2.30. The summed E-state index contributed by atoms with van der Waals surface area (Å²) in [4.78, 5) is 7.57. The third kappa shape index (κ3) is 1.95. The molecule has 4 heteroatoms. The molecule has 19 heavy (non-hydrogen) atoms. The van der Waals surface area contributed by atoms with Crippen molar-refractivity contribution in [3.05, 3.63) is 47.3 Å². The molecule has 2 N–H and O–H groups in total. The first kappa shape index (κ1) is 11.7. The second kappa shape index (κ2) is 4.09. The van der Waals surface area contributed by atoms with Crippen molar-refractivity contribution in [1.29, 1.82) is 0 Å². The maximum absolute atomic E-state index is 13.3. The van der Waals surface area contributed by atoms with E-state index in [4.69, 9.17) is 0 Å². The maximum atomic E-state index is 13.3. The molecular weight excluding hydrogens is 243 g/mol. The fraction of sp³-hybridized carbons (Fsp3) is 0.133. The van der Waals surface area contributed by atoms with E-state index in [1.807, 2.05) is 26.0 Å². The van der Waals surface area contributed by atoms with E-state index in [2.05, 4.69) is 9.97 Å². The molecule has 0 aliphatic rings. The second-order valence-electron chi connectivity index (χ2n) is 4.72. The van der Waals surface area contributed by atoms with Gasteiger partial charge in [0.05, 0.1) is 16.6 Å². The van der Waals surface area contributed by atoms with E-state index >= 15 is 0 Å². The molecule has 0 saturated heterocycles. The highest BCUT2D eigenvalue weighted by molar-refractivity contribution is 5.83. The number of H-pyrrole nitrogens is 1. The number of phenols is 1. The van der Waals surface area contributed by atoms with Crippen LogP contribution >= 0.6 is 0 Å². The van der Waals surface area contributed by atoms with Gasteiger partial charge in [0.25, 0.3) is 0 Å². The Labute approximate surface area is 109 Å². The predicted molar refractivity (Wildman–Crippen MR) is 72.6 cm³/mol. The molecule has 1 aromatic heterocycles. The first-order valence-corrected chi connectivity index (χ1v) is 6.00. The molecule has 96 valence electrons. The number of halogens is 1. The Kier molecular flexibility index (Phi) is 2.52. The number of nitrogens with zero attached hydrogens (tertiary/aromatic N) is 1. The quantitative estimate of drug-likeness (QED) is 0.697. The molecule has 0 aliphatic carbocycles. The van der Waals surface area contributed by atoms with Gasteiger partial charge in [-0.1, -0.05) is 6.07 Å². The van der Waals surface area contributed by atoms with Crippen molar-refractivity contribution in [1.82, 2.24) is 9.97 Å². The van der Waals surface area contributed by atoms with E-state index < -0.39 is 5.82 Å². The van der Waals surface area contributed by atoms with Crippen LogP contribution in [0.1, 0.15) is 11.1 Å². The minimum absolute atomic E-state index is 0.00910. The Morgan fingerprint density at radius 1 is 1.16 bits per heavy atom. The number of hydrogen-bond acceptors (Lipinski definition) is 2. The van der Waals surface area contributed by atoms with Crippen molar-refractivity contribution >= 4 is 11.0 Å². The van der Waals surface area contributed by atoms with Crippen LogP contribution in [0.15, 0.2) is 30.3 Å². The molecule has 0 amide bonds. The third-order valence-electron chi connectivity index (χ3n) is 3.14. The highest BCUT2D eigenvalue weighted by Crippen LogP contribution is 2.30. The van der Waals surface area contributed by atoms with Crippen LogP contribution in [0.25, 0.3) is 22.4 Å². The van der Waals surface area contributed by atoms with Crippen molar-refractivity contribution in [2.45, 2.75) is 13.8 Å². The van der Waals surface area contributed by atoms with E-state index in [1.165, 1.54) is 18.2 Å². The zero-order valence-electron chi connectivity index (χ0n) is 10.7. The van der Waals surface area contributed by atoms with Crippen LogP contribution in [0.3, 0.4) is 0 Å². The van der Waals surface area contributed by atoms with Gasteiger partial charge >= 0.3 is 0 Å². The molecular formula is C15H13FN2O. The topological polar surface area (TPSA) is 48.9 Å². The van der Waals surface area contributed by atoms with Gasteiger partial charge in [-0.2, -0.15) is 0 Å². The van der Waals surface area contributed by atoms with Crippen LogP contribution in [0.2, 0.25) is 0 Å². The van der Waals surface area contributed by atoms with Gasteiger partial charge < -0.3 is 10.1 Å². The minimum Gasteiger partial charge on any atom is -0.507 e. The van der Waals surface area contributed by atoms with Crippen molar-refractivity contribution < 1.29 is 9.50 Å². The summed E-state index contributed by atoms with van der Waals surface area (Å²) in [6.07, 6.45) is 0. The Hall–Kier alpha value is -2.36. The molecule has 0 bridgehead atoms. The number of benzene rings is 2. The number of aromatic hydroxyl groups is 1. The van der Waals surface area contributed by atoms with Crippen LogP contribution in [-0.4, -0.2) is 15.1 Å². The molecule has 3 nitrogen and oxygen atoms in total. The smallest absolute Gasteiger partial charge is 0.142 e. The monoisotopic (exact) mass is 256 g/mol. The molecule has 0 saturated carbocycles. The van der Waals surface area contributed by atoms with Crippen LogP contribution < -0.4 is 0 Å². The first-order valence-electron chi connectivity index (χ1n) is 6.00.